The molecule has 1 aliphatic carbocycles. The van der Waals surface area contributed by atoms with E-state index in [1.807, 2.05) is 0 Å². The topological polar surface area (TPSA) is 61.4 Å². The normalized spacial score (nSPS) is 14.5. The number of benzene rings is 1. The predicted molar refractivity (Wildman–Crippen MR) is 70.6 cm³/mol. The third kappa shape index (κ3) is 4.55. The van der Waals surface area contributed by atoms with Crippen LogP contribution in [0, 0.1) is 0 Å². The number of hydrogen-bond acceptors (Lipinski definition) is 3. The van der Waals surface area contributed by atoms with Gasteiger partial charge in [-0.05, 0) is 36.6 Å². The fourth-order valence-corrected chi connectivity index (χ4v) is 1.95. The maximum absolute atomic E-state index is 11.4. The van der Waals surface area contributed by atoms with E-state index in [2.05, 4.69) is 10.6 Å². The highest BCUT2D eigenvalue weighted by Crippen LogP contribution is 2.19. The molecule has 98 valence electrons. The van der Waals surface area contributed by atoms with Gasteiger partial charge in [-0.2, -0.15) is 0 Å². The van der Waals surface area contributed by atoms with Crippen LogP contribution in [-0.2, 0) is 11.3 Å². The van der Waals surface area contributed by atoms with Crippen molar-refractivity contribution in [1.29, 1.82) is 0 Å². The maximum atomic E-state index is 11.4. The first kappa shape index (κ1) is 13.2. The average molecular weight is 269 g/mol. The number of nitrogens with one attached hydrogen (secondary N) is 2. The molecule has 1 fully saturated rings. The second-order valence-corrected chi connectivity index (χ2v) is 5.02. The first-order chi connectivity index (χ1) is 8.63. The summed E-state index contributed by atoms with van der Waals surface area (Å²) in [6, 6.07) is 5.36. The molecule has 1 saturated carbocycles. The van der Waals surface area contributed by atoms with Gasteiger partial charge in [0.15, 0.2) is 0 Å². The Kier molecular flexibility index (Phi) is 4.44. The summed E-state index contributed by atoms with van der Waals surface area (Å²) in [5.74, 6) is 0.254. The van der Waals surface area contributed by atoms with Crippen LogP contribution in [0.3, 0.4) is 0 Å². The van der Waals surface area contributed by atoms with Crippen LogP contribution in [0.5, 0.6) is 5.75 Å². The number of amides is 1. The molecule has 0 spiro atoms. The Bertz CT molecular complexity index is 413. The minimum Gasteiger partial charge on any atom is -0.508 e. The van der Waals surface area contributed by atoms with Crippen molar-refractivity contribution < 1.29 is 9.90 Å². The molecule has 0 radical (unpaired) electrons. The summed E-state index contributed by atoms with van der Waals surface area (Å²) in [6.45, 7) is 1.21. The number of phenolic OH excluding ortho intramolecular Hbond substituents is 1. The van der Waals surface area contributed by atoms with Gasteiger partial charge in [0.05, 0.1) is 0 Å². The third-order valence-electron chi connectivity index (χ3n) is 2.74. The van der Waals surface area contributed by atoms with Crippen LogP contribution >= 0.6 is 11.6 Å². The van der Waals surface area contributed by atoms with Crippen molar-refractivity contribution in [2.24, 2.45) is 0 Å². The molecule has 2 rings (SSSR count). The molecule has 1 amide bonds. The van der Waals surface area contributed by atoms with Gasteiger partial charge in [-0.1, -0.05) is 11.6 Å². The molecule has 3 N–H and O–H groups in total. The van der Waals surface area contributed by atoms with Crippen LogP contribution < -0.4 is 10.6 Å². The maximum Gasteiger partial charge on any atom is 0.221 e. The standard InChI is InChI=1S/C13H17ClN2O2/c14-10-5-9(6-12(17)7-10)8-15-4-3-13(18)16-11-1-2-11/h5-7,11,15,17H,1-4,8H2,(H,16,18). The minimum atomic E-state index is 0.0962. The SMILES string of the molecule is O=C(CCNCc1cc(O)cc(Cl)c1)NC1CC1. The van der Waals surface area contributed by atoms with Crippen LogP contribution in [0.4, 0.5) is 0 Å². The van der Waals surface area contributed by atoms with Crippen LogP contribution in [0.15, 0.2) is 18.2 Å². The molecule has 4 nitrogen and oxygen atoms in total. The average Bonchev–Trinajstić information content (AvgIpc) is 3.07. The summed E-state index contributed by atoms with van der Waals surface area (Å²) < 4.78 is 0. The van der Waals surface area contributed by atoms with E-state index in [0.29, 0.717) is 30.6 Å². The highest BCUT2D eigenvalue weighted by molar-refractivity contribution is 6.30. The molecule has 5 heteroatoms. The molecule has 1 aliphatic rings. The first-order valence-corrected chi connectivity index (χ1v) is 6.50. The van der Waals surface area contributed by atoms with Crippen molar-refractivity contribution in [2.45, 2.75) is 31.8 Å². The molecule has 1 aromatic rings. The van der Waals surface area contributed by atoms with Gasteiger partial charge in [0.1, 0.15) is 5.75 Å². The van der Waals surface area contributed by atoms with E-state index in [1.165, 1.54) is 6.07 Å². The van der Waals surface area contributed by atoms with Crippen LogP contribution in [0.2, 0.25) is 5.02 Å². The molecule has 0 bridgehead atoms. The summed E-state index contributed by atoms with van der Waals surface area (Å²) in [6.07, 6.45) is 2.70. The Morgan fingerprint density at radius 3 is 2.83 bits per heavy atom. The van der Waals surface area contributed by atoms with E-state index in [9.17, 15) is 9.90 Å². The number of hydrogen-bond donors (Lipinski definition) is 3. The van der Waals surface area contributed by atoms with Gasteiger partial charge in [-0.3, -0.25) is 4.79 Å². The highest BCUT2D eigenvalue weighted by Gasteiger charge is 2.22. The number of rotatable bonds is 6. The Labute approximate surface area is 111 Å². The Morgan fingerprint density at radius 2 is 2.17 bits per heavy atom. The highest BCUT2D eigenvalue weighted by atomic mass is 35.5. The first-order valence-electron chi connectivity index (χ1n) is 6.12. The Balaban J connectivity index is 1.66. The van der Waals surface area contributed by atoms with Gasteiger partial charge in [0, 0.05) is 30.6 Å². The number of phenols is 1. The molecule has 1 aromatic carbocycles. The zero-order chi connectivity index (χ0) is 13.0. The fraction of sp³-hybridized carbons (Fsp3) is 0.462. The molecule has 0 unspecified atom stereocenters. The Hall–Kier alpha value is -1.26. The zero-order valence-electron chi connectivity index (χ0n) is 10.1. The smallest absolute Gasteiger partial charge is 0.221 e. The molecule has 0 atom stereocenters. The molecule has 0 aromatic heterocycles. The predicted octanol–water partition coefficient (Wildman–Crippen LogP) is 1.80. The minimum absolute atomic E-state index is 0.0962. The van der Waals surface area contributed by atoms with E-state index < -0.39 is 0 Å². The third-order valence-corrected chi connectivity index (χ3v) is 2.96. The zero-order valence-corrected chi connectivity index (χ0v) is 10.8. The Morgan fingerprint density at radius 1 is 1.39 bits per heavy atom. The van der Waals surface area contributed by atoms with E-state index in [-0.39, 0.29) is 11.7 Å². The number of aromatic hydroxyl groups is 1. The second kappa shape index (κ2) is 6.07. The lowest BCUT2D eigenvalue weighted by Gasteiger charge is -2.06. The van der Waals surface area contributed by atoms with Gasteiger partial charge >= 0.3 is 0 Å². The molecule has 0 aliphatic heterocycles. The fourth-order valence-electron chi connectivity index (χ4n) is 1.70. The number of carbonyl (C=O) groups excluding carboxylic acids is 1. The summed E-state index contributed by atoms with van der Waals surface area (Å²) in [7, 11) is 0. The molecule has 0 heterocycles. The van der Waals surface area contributed by atoms with E-state index in [0.717, 1.165) is 18.4 Å². The van der Waals surface area contributed by atoms with Crippen LogP contribution in [-0.4, -0.2) is 23.6 Å². The lowest BCUT2D eigenvalue weighted by Crippen LogP contribution is -2.28. The van der Waals surface area contributed by atoms with Gasteiger partial charge in [0.25, 0.3) is 0 Å². The van der Waals surface area contributed by atoms with Crippen LogP contribution in [0.25, 0.3) is 0 Å². The van der Waals surface area contributed by atoms with E-state index >= 15 is 0 Å². The van der Waals surface area contributed by atoms with Crippen LogP contribution in [0.1, 0.15) is 24.8 Å². The summed E-state index contributed by atoms with van der Waals surface area (Å²) >= 11 is 5.83. The van der Waals surface area contributed by atoms with Crippen molar-refractivity contribution in [3.8, 4) is 5.75 Å². The quantitative estimate of drug-likeness (QED) is 0.690. The molecular formula is C13H17ClN2O2. The van der Waals surface area contributed by atoms with E-state index in [4.69, 9.17) is 11.6 Å². The van der Waals surface area contributed by atoms with Gasteiger partial charge < -0.3 is 15.7 Å². The van der Waals surface area contributed by atoms with Crippen molar-refractivity contribution in [2.75, 3.05) is 6.54 Å². The lowest BCUT2D eigenvalue weighted by molar-refractivity contribution is -0.121. The molecular weight excluding hydrogens is 252 g/mol. The summed E-state index contributed by atoms with van der Waals surface area (Å²) in [5, 5.41) is 16.0. The van der Waals surface area contributed by atoms with Gasteiger partial charge in [-0.15, -0.1) is 0 Å². The molecule has 18 heavy (non-hydrogen) atoms. The number of carbonyl (C=O) groups is 1. The molecule has 0 saturated heterocycles. The van der Waals surface area contributed by atoms with Crippen molar-refractivity contribution in [3.63, 3.8) is 0 Å². The van der Waals surface area contributed by atoms with Crippen molar-refractivity contribution in [3.05, 3.63) is 28.8 Å². The largest absolute Gasteiger partial charge is 0.508 e. The lowest BCUT2D eigenvalue weighted by atomic mass is 10.2. The van der Waals surface area contributed by atoms with Gasteiger partial charge in [-0.25, -0.2) is 0 Å². The monoisotopic (exact) mass is 268 g/mol. The van der Waals surface area contributed by atoms with E-state index in [1.54, 1.807) is 12.1 Å². The van der Waals surface area contributed by atoms with Gasteiger partial charge in [0.2, 0.25) is 5.91 Å². The second-order valence-electron chi connectivity index (χ2n) is 4.59. The summed E-state index contributed by atoms with van der Waals surface area (Å²) in [5.41, 5.74) is 0.905. The van der Waals surface area contributed by atoms with Crippen molar-refractivity contribution >= 4 is 17.5 Å². The van der Waals surface area contributed by atoms with Crippen molar-refractivity contribution in [1.82, 2.24) is 10.6 Å². The number of halogens is 1. The summed E-state index contributed by atoms with van der Waals surface area (Å²) in [4.78, 5) is 11.4.